The van der Waals surface area contributed by atoms with Gasteiger partial charge in [-0.3, -0.25) is 4.90 Å². The van der Waals surface area contributed by atoms with Crippen LogP contribution in [0.25, 0.3) is 0 Å². The average molecular weight is 448 g/mol. The fourth-order valence-corrected chi connectivity index (χ4v) is 5.60. The first-order chi connectivity index (χ1) is 15.8. The van der Waals surface area contributed by atoms with Gasteiger partial charge >= 0.3 is 5.97 Å². The maximum atomic E-state index is 11.7. The molecule has 0 amide bonds. The van der Waals surface area contributed by atoms with Gasteiger partial charge in [0.1, 0.15) is 6.17 Å². The maximum Gasteiger partial charge on any atom is 0.337 e. The highest BCUT2D eigenvalue weighted by molar-refractivity contribution is 5.89. The number of allylic oxidation sites excluding steroid dienone is 2. The minimum Gasteiger partial charge on any atom is -0.465 e. The van der Waals surface area contributed by atoms with Crippen molar-refractivity contribution in [2.75, 3.05) is 13.7 Å². The number of nitrogens with zero attached hydrogens (tertiary/aromatic N) is 2. The molecule has 33 heavy (non-hydrogen) atoms. The van der Waals surface area contributed by atoms with Crippen molar-refractivity contribution in [2.24, 2.45) is 0 Å². The monoisotopic (exact) mass is 447 g/mol. The van der Waals surface area contributed by atoms with E-state index in [1.54, 1.807) is 0 Å². The number of ether oxygens (including phenoxy) is 1. The molecule has 3 atom stereocenters. The van der Waals surface area contributed by atoms with E-state index in [0.717, 1.165) is 25.1 Å². The summed E-state index contributed by atoms with van der Waals surface area (Å²) < 4.78 is 4.79. The first-order valence-corrected chi connectivity index (χ1v) is 11.8. The van der Waals surface area contributed by atoms with E-state index in [0.29, 0.717) is 17.6 Å². The molecule has 5 rings (SSSR count). The first-order valence-electron chi connectivity index (χ1n) is 11.8. The summed E-state index contributed by atoms with van der Waals surface area (Å²) in [5, 5.41) is 13.9. The molecule has 2 bridgehead atoms. The quantitative estimate of drug-likeness (QED) is 0.651. The van der Waals surface area contributed by atoms with Crippen molar-refractivity contribution in [1.29, 1.82) is 0 Å². The Morgan fingerprint density at radius 2 is 2.00 bits per heavy atom. The summed E-state index contributed by atoms with van der Waals surface area (Å²) in [4.78, 5) is 16.5. The molecule has 1 saturated heterocycles. The third-order valence-corrected chi connectivity index (χ3v) is 7.08. The zero-order valence-electron chi connectivity index (χ0n) is 19.6. The third-order valence-electron chi connectivity index (χ3n) is 7.08. The summed E-state index contributed by atoms with van der Waals surface area (Å²) in [6.07, 6.45) is 14.6. The summed E-state index contributed by atoms with van der Waals surface area (Å²) in [7, 11) is 1.40. The molecule has 6 nitrogen and oxygen atoms in total. The minimum absolute atomic E-state index is 0.109. The molecule has 1 aromatic carbocycles. The Morgan fingerprint density at radius 1 is 1.21 bits per heavy atom. The van der Waals surface area contributed by atoms with Gasteiger partial charge in [-0.15, -0.1) is 0 Å². The third kappa shape index (κ3) is 4.37. The number of carbonyl (C=O) groups is 1. The van der Waals surface area contributed by atoms with Gasteiger partial charge in [0.05, 0.1) is 18.3 Å². The van der Waals surface area contributed by atoms with E-state index < -0.39 is 5.60 Å². The zero-order valence-corrected chi connectivity index (χ0v) is 19.6. The van der Waals surface area contributed by atoms with Crippen LogP contribution in [0.4, 0.5) is 0 Å². The van der Waals surface area contributed by atoms with Crippen LogP contribution < -0.4 is 5.32 Å². The lowest BCUT2D eigenvalue weighted by Gasteiger charge is -2.38. The van der Waals surface area contributed by atoms with Crippen molar-refractivity contribution in [3.8, 4) is 0 Å². The number of carbonyl (C=O) groups excluding carboxylic acids is 1. The van der Waals surface area contributed by atoms with E-state index in [9.17, 15) is 9.90 Å². The van der Waals surface area contributed by atoms with Gasteiger partial charge in [-0.25, -0.2) is 4.79 Å². The van der Waals surface area contributed by atoms with Crippen LogP contribution in [0.1, 0.15) is 49.0 Å². The summed E-state index contributed by atoms with van der Waals surface area (Å²) in [6.45, 7) is 5.28. The molecule has 1 fully saturated rings. The van der Waals surface area contributed by atoms with Crippen LogP contribution in [0.2, 0.25) is 0 Å². The number of hydrogen-bond donors (Lipinski definition) is 2. The Bertz CT molecular complexity index is 1050. The van der Waals surface area contributed by atoms with E-state index in [1.165, 1.54) is 36.7 Å². The molecule has 6 heteroatoms. The van der Waals surface area contributed by atoms with Crippen molar-refractivity contribution >= 4 is 5.97 Å². The van der Waals surface area contributed by atoms with Crippen molar-refractivity contribution < 1.29 is 14.6 Å². The van der Waals surface area contributed by atoms with Crippen LogP contribution in [0.15, 0.2) is 71.6 Å². The van der Waals surface area contributed by atoms with Crippen LogP contribution in [-0.2, 0) is 11.3 Å². The molecule has 4 aliphatic rings. The van der Waals surface area contributed by atoms with Crippen molar-refractivity contribution in [2.45, 2.75) is 63.5 Å². The number of dihydropyridines is 1. The number of hydrogen-bond acceptors (Lipinski definition) is 6. The first kappa shape index (κ1) is 22.0. The lowest BCUT2D eigenvalue weighted by atomic mass is 9.89. The topological polar surface area (TPSA) is 65.0 Å². The van der Waals surface area contributed by atoms with Gasteiger partial charge in [0, 0.05) is 36.9 Å². The van der Waals surface area contributed by atoms with Crippen molar-refractivity contribution in [1.82, 2.24) is 15.1 Å². The van der Waals surface area contributed by atoms with Crippen LogP contribution in [-0.4, -0.2) is 58.4 Å². The van der Waals surface area contributed by atoms with Crippen molar-refractivity contribution in [3.63, 3.8) is 0 Å². The molecule has 0 radical (unpaired) electrons. The van der Waals surface area contributed by atoms with Gasteiger partial charge in [0.2, 0.25) is 0 Å². The normalized spacial score (nSPS) is 26.4. The number of nitrogens with one attached hydrogen (secondary N) is 1. The molecule has 0 spiro atoms. The number of rotatable bonds is 6. The zero-order chi connectivity index (χ0) is 23.2. The Balaban J connectivity index is 1.33. The fourth-order valence-electron chi connectivity index (χ4n) is 5.60. The Morgan fingerprint density at radius 3 is 2.70 bits per heavy atom. The van der Waals surface area contributed by atoms with E-state index in [-0.39, 0.29) is 12.1 Å². The molecule has 3 unspecified atom stereocenters. The van der Waals surface area contributed by atoms with Crippen LogP contribution >= 0.6 is 0 Å². The van der Waals surface area contributed by atoms with Crippen molar-refractivity contribution in [3.05, 3.63) is 82.7 Å². The number of methoxy groups -OCH3 is 1. The summed E-state index contributed by atoms with van der Waals surface area (Å²) in [5.74, 6) is -0.313. The fraction of sp³-hybridized carbons (Fsp3) is 0.444. The van der Waals surface area contributed by atoms with Gasteiger partial charge in [-0.2, -0.15) is 0 Å². The molecule has 0 aliphatic carbocycles. The highest BCUT2D eigenvalue weighted by Gasteiger charge is 2.40. The molecule has 1 aromatic rings. The average Bonchev–Trinajstić information content (AvgIpc) is 3.28. The molecular formula is C27H33N3O3. The van der Waals surface area contributed by atoms with Gasteiger partial charge in [-0.1, -0.05) is 18.2 Å². The predicted octanol–water partition coefficient (Wildman–Crippen LogP) is 3.48. The molecule has 174 valence electrons. The standard InChI is InChI=1S/C27H33N3O3/c1-27(2,32)17-30-21-8-9-22(30)15-20(14-21)23-10-12-28-25-24(23)11-13-29(25)16-18-4-6-19(7-5-18)26(31)33-3/h4-7,10-14,21-22,25,28,32H,8-9,15-17H2,1-3H3. The maximum absolute atomic E-state index is 11.7. The van der Waals surface area contributed by atoms with E-state index in [1.807, 2.05) is 38.1 Å². The van der Waals surface area contributed by atoms with Gasteiger partial charge in [0.25, 0.3) is 0 Å². The smallest absolute Gasteiger partial charge is 0.337 e. The predicted molar refractivity (Wildman–Crippen MR) is 128 cm³/mol. The largest absolute Gasteiger partial charge is 0.465 e. The van der Waals surface area contributed by atoms with E-state index >= 15 is 0 Å². The SMILES string of the molecule is COC(=O)c1ccc(CN2C=CC3=C(C4=CC5CCC(C4)N5CC(C)(C)O)C=CNC32)cc1. The Kier molecular flexibility index (Phi) is 5.67. The second-order valence-electron chi connectivity index (χ2n) is 10.1. The lowest BCUT2D eigenvalue weighted by molar-refractivity contribution is 0.0216. The van der Waals surface area contributed by atoms with Crippen LogP contribution in [0, 0.1) is 0 Å². The van der Waals surface area contributed by atoms with Crippen LogP contribution in [0.5, 0.6) is 0 Å². The molecule has 0 saturated carbocycles. The Hall–Kier alpha value is -2.83. The second-order valence-corrected chi connectivity index (χ2v) is 10.1. The second kappa shape index (κ2) is 8.50. The summed E-state index contributed by atoms with van der Waals surface area (Å²) >= 11 is 0. The molecule has 2 N–H and O–H groups in total. The highest BCUT2D eigenvalue weighted by Crippen LogP contribution is 2.41. The van der Waals surface area contributed by atoms with Gasteiger partial charge < -0.3 is 20.1 Å². The van der Waals surface area contributed by atoms with Gasteiger partial charge in [-0.05, 0) is 80.3 Å². The highest BCUT2D eigenvalue weighted by atomic mass is 16.5. The summed E-state index contributed by atoms with van der Waals surface area (Å²) in [6, 6.07) is 8.53. The lowest BCUT2D eigenvalue weighted by Crippen LogP contribution is -2.47. The number of esters is 1. The molecular weight excluding hydrogens is 414 g/mol. The van der Waals surface area contributed by atoms with E-state index in [2.05, 4.69) is 45.7 Å². The summed E-state index contributed by atoms with van der Waals surface area (Å²) in [5.41, 5.74) is 5.11. The molecule has 4 aliphatic heterocycles. The molecule has 4 heterocycles. The minimum atomic E-state index is -0.669. The van der Waals surface area contributed by atoms with Gasteiger partial charge in [0.15, 0.2) is 0 Å². The van der Waals surface area contributed by atoms with E-state index in [4.69, 9.17) is 4.74 Å². The van der Waals surface area contributed by atoms with Crippen LogP contribution in [0.3, 0.4) is 0 Å². The Labute approximate surface area is 195 Å². The number of fused-ring (bicyclic) bond motifs is 3. The molecule has 0 aromatic heterocycles. The number of aliphatic hydroxyl groups is 1. The number of benzene rings is 1.